The zero-order valence-corrected chi connectivity index (χ0v) is 16.6. The van der Waals surface area contributed by atoms with Crippen LogP contribution in [0.4, 0.5) is 5.13 Å². The molecule has 0 saturated carbocycles. The van der Waals surface area contributed by atoms with Gasteiger partial charge in [-0.2, -0.15) is 0 Å². The van der Waals surface area contributed by atoms with Crippen LogP contribution >= 0.6 is 22.9 Å². The molecule has 28 heavy (non-hydrogen) atoms. The molecule has 1 atom stereocenters. The largest absolute Gasteiger partial charge is 0.485 e. The van der Waals surface area contributed by atoms with Crippen LogP contribution in [0.15, 0.2) is 42.5 Å². The Labute approximate surface area is 171 Å². The van der Waals surface area contributed by atoms with Crippen molar-refractivity contribution in [3.63, 3.8) is 0 Å². The summed E-state index contributed by atoms with van der Waals surface area (Å²) in [7, 11) is 0. The Bertz CT molecular complexity index is 1030. The molecule has 2 aliphatic heterocycles. The fourth-order valence-corrected chi connectivity index (χ4v) is 4.82. The number of hydrogen-bond acceptors (Lipinski definition) is 6. The lowest BCUT2D eigenvalue weighted by Gasteiger charge is -2.37. The molecule has 0 bridgehead atoms. The number of thiazole rings is 1. The fourth-order valence-electron chi connectivity index (χ4n) is 3.50. The second-order valence-corrected chi connectivity index (χ2v) is 8.18. The number of nitrogens with zero attached hydrogens (tertiary/aromatic N) is 3. The molecule has 5 rings (SSSR count). The van der Waals surface area contributed by atoms with Gasteiger partial charge in [0.2, 0.25) is 6.10 Å². The summed E-state index contributed by atoms with van der Waals surface area (Å²) in [4.78, 5) is 21.6. The Hall–Kier alpha value is -2.51. The third-order valence-corrected chi connectivity index (χ3v) is 6.39. The second kappa shape index (κ2) is 7.14. The molecule has 1 fully saturated rings. The summed E-state index contributed by atoms with van der Waals surface area (Å²) < 4.78 is 12.6. The summed E-state index contributed by atoms with van der Waals surface area (Å²) in [5.74, 6) is 1.28. The summed E-state index contributed by atoms with van der Waals surface area (Å²) in [6, 6.07) is 13.3. The minimum atomic E-state index is -0.595. The minimum absolute atomic E-state index is 0.0264. The highest BCUT2D eigenvalue weighted by atomic mass is 35.5. The van der Waals surface area contributed by atoms with Gasteiger partial charge in [0.1, 0.15) is 12.1 Å². The van der Waals surface area contributed by atoms with E-state index in [0.29, 0.717) is 29.6 Å². The SMILES string of the molecule is O=C([C@@H]1COc2ccccc2O1)N1CCN(c2nc3c(Cl)cccc3s2)CC1. The number of para-hydroxylation sites is 3. The molecule has 144 valence electrons. The molecule has 0 unspecified atom stereocenters. The van der Waals surface area contributed by atoms with Crippen LogP contribution in [0.25, 0.3) is 10.2 Å². The molecule has 1 amide bonds. The Morgan fingerprint density at radius 3 is 2.64 bits per heavy atom. The number of hydrogen-bond donors (Lipinski definition) is 0. The average molecular weight is 416 g/mol. The summed E-state index contributed by atoms with van der Waals surface area (Å²) in [5.41, 5.74) is 0.842. The predicted molar refractivity (Wildman–Crippen MR) is 110 cm³/mol. The van der Waals surface area contributed by atoms with Gasteiger partial charge in [0, 0.05) is 26.2 Å². The Morgan fingerprint density at radius 2 is 1.86 bits per heavy atom. The summed E-state index contributed by atoms with van der Waals surface area (Å²) in [6.07, 6.45) is -0.595. The molecule has 2 aromatic carbocycles. The normalized spacial score (nSPS) is 19.1. The maximum atomic E-state index is 12.9. The molecule has 3 heterocycles. The van der Waals surface area contributed by atoms with Crippen molar-refractivity contribution in [2.45, 2.75) is 6.10 Å². The van der Waals surface area contributed by atoms with Gasteiger partial charge in [0.25, 0.3) is 5.91 Å². The summed E-state index contributed by atoms with van der Waals surface area (Å²) in [6.45, 7) is 2.96. The van der Waals surface area contributed by atoms with E-state index in [1.165, 1.54) is 0 Å². The van der Waals surface area contributed by atoms with E-state index in [2.05, 4.69) is 9.88 Å². The molecule has 6 nitrogen and oxygen atoms in total. The first kappa shape index (κ1) is 17.6. The van der Waals surface area contributed by atoms with Crippen molar-refractivity contribution in [1.82, 2.24) is 9.88 Å². The lowest BCUT2D eigenvalue weighted by atomic mass is 10.2. The van der Waals surface area contributed by atoms with Gasteiger partial charge in [-0.25, -0.2) is 4.98 Å². The first-order valence-electron chi connectivity index (χ1n) is 9.16. The molecular formula is C20H18ClN3O3S. The van der Waals surface area contributed by atoms with E-state index in [1.807, 2.05) is 47.4 Å². The van der Waals surface area contributed by atoms with Crippen molar-refractivity contribution in [2.75, 3.05) is 37.7 Å². The van der Waals surface area contributed by atoms with Crippen molar-refractivity contribution < 1.29 is 14.3 Å². The average Bonchev–Trinajstić information content (AvgIpc) is 3.19. The number of fused-ring (bicyclic) bond motifs is 2. The maximum absolute atomic E-state index is 12.9. The van der Waals surface area contributed by atoms with E-state index in [9.17, 15) is 4.79 Å². The van der Waals surface area contributed by atoms with Crippen molar-refractivity contribution in [3.8, 4) is 11.5 Å². The molecule has 2 aliphatic rings. The molecule has 3 aromatic rings. The molecule has 0 aliphatic carbocycles. The summed E-state index contributed by atoms with van der Waals surface area (Å²) >= 11 is 7.87. The smallest absolute Gasteiger partial charge is 0.267 e. The quantitative estimate of drug-likeness (QED) is 0.641. The Balaban J connectivity index is 1.24. The second-order valence-electron chi connectivity index (χ2n) is 6.76. The molecule has 0 spiro atoms. The van der Waals surface area contributed by atoms with Gasteiger partial charge in [0.15, 0.2) is 16.6 Å². The third kappa shape index (κ3) is 3.14. The van der Waals surface area contributed by atoms with E-state index >= 15 is 0 Å². The van der Waals surface area contributed by atoms with Crippen LogP contribution < -0.4 is 14.4 Å². The van der Waals surface area contributed by atoms with E-state index in [0.717, 1.165) is 28.4 Å². The fraction of sp³-hybridized carbons (Fsp3) is 0.300. The lowest BCUT2D eigenvalue weighted by molar-refractivity contribution is -0.141. The van der Waals surface area contributed by atoms with Gasteiger partial charge >= 0.3 is 0 Å². The van der Waals surface area contributed by atoms with E-state index in [1.54, 1.807) is 11.3 Å². The molecular weight excluding hydrogens is 398 g/mol. The van der Waals surface area contributed by atoms with Crippen molar-refractivity contribution >= 4 is 44.2 Å². The van der Waals surface area contributed by atoms with Gasteiger partial charge in [-0.15, -0.1) is 0 Å². The van der Waals surface area contributed by atoms with Gasteiger partial charge in [-0.1, -0.05) is 41.1 Å². The van der Waals surface area contributed by atoms with Gasteiger partial charge in [-0.3, -0.25) is 4.79 Å². The number of aromatic nitrogens is 1. The predicted octanol–water partition coefficient (Wildman–Crippen LogP) is 3.44. The standard InChI is InChI=1S/C20H18ClN3O3S/c21-13-4-3-7-17-18(13)22-20(28-17)24-10-8-23(9-11-24)19(25)16-12-26-14-5-1-2-6-15(14)27-16/h1-7,16H,8-12H2/t16-/m0/s1. The van der Waals surface area contributed by atoms with Crippen molar-refractivity contribution in [1.29, 1.82) is 0 Å². The number of carbonyl (C=O) groups excluding carboxylic acids is 1. The van der Waals surface area contributed by atoms with Crippen LogP contribution in [0.2, 0.25) is 5.02 Å². The highest BCUT2D eigenvalue weighted by Gasteiger charge is 2.33. The minimum Gasteiger partial charge on any atom is -0.485 e. The highest BCUT2D eigenvalue weighted by Crippen LogP contribution is 2.34. The summed E-state index contributed by atoms with van der Waals surface area (Å²) in [5, 5.41) is 1.62. The lowest BCUT2D eigenvalue weighted by Crippen LogP contribution is -2.54. The van der Waals surface area contributed by atoms with Gasteiger partial charge < -0.3 is 19.3 Å². The van der Waals surface area contributed by atoms with Crippen LogP contribution in [-0.4, -0.2) is 54.7 Å². The van der Waals surface area contributed by atoms with Crippen LogP contribution in [-0.2, 0) is 4.79 Å². The number of benzene rings is 2. The Kier molecular flexibility index (Phi) is 4.49. The number of halogens is 1. The number of rotatable bonds is 2. The van der Waals surface area contributed by atoms with Crippen LogP contribution in [0, 0.1) is 0 Å². The Morgan fingerprint density at radius 1 is 1.07 bits per heavy atom. The van der Waals surface area contributed by atoms with Gasteiger partial charge in [0.05, 0.1) is 9.72 Å². The van der Waals surface area contributed by atoms with E-state index in [-0.39, 0.29) is 12.5 Å². The monoisotopic (exact) mass is 415 g/mol. The van der Waals surface area contributed by atoms with E-state index in [4.69, 9.17) is 21.1 Å². The number of ether oxygens (including phenoxy) is 2. The van der Waals surface area contributed by atoms with Crippen LogP contribution in [0.5, 0.6) is 11.5 Å². The topological polar surface area (TPSA) is 54.9 Å². The van der Waals surface area contributed by atoms with Crippen molar-refractivity contribution in [3.05, 3.63) is 47.5 Å². The molecule has 0 radical (unpaired) electrons. The number of anilines is 1. The number of carbonyl (C=O) groups is 1. The number of piperazine rings is 1. The molecule has 1 saturated heterocycles. The maximum Gasteiger partial charge on any atom is 0.267 e. The van der Waals surface area contributed by atoms with E-state index < -0.39 is 6.10 Å². The first-order chi connectivity index (χ1) is 13.7. The van der Waals surface area contributed by atoms with Crippen LogP contribution in [0.1, 0.15) is 0 Å². The van der Waals surface area contributed by atoms with Crippen molar-refractivity contribution in [2.24, 2.45) is 0 Å². The highest BCUT2D eigenvalue weighted by molar-refractivity contribution is 7.22. The van der Waals surface area contributed by atoms with Crippen LogP contribution in [0.3, 0.4) is 0 Å². The number of amides is 1. The van der Waals surface area contributed by atoms with Gasteiger partial charge in [-0.05, 0) is 24.3 Å². The molecule has 0 N–H and O–H groups in total. The zero-order chi connectivity index (χ0) is 19.1. The molecule has 8 heteroatoms. The molecule has 1 aromatic heterocycles. The first-order valence-corrected chi connectivity index (χ1v) is 10.4. The third-order valence-electron chi connectivity index (χ3n) is 5.00. The zero-order valence-electron chi connectivity index (χ0n) is 15.0.